The Morgan fingerprint density at radius 2 is 1.85 bits per heavy atom. The van der Waals surface area contributed by atoms with Crippen molar-refractivity contribution in [3.63, 3.8) is 0 Å². The molecule has 27 heavy (non-hydrogen) atoms. The van der Waals surface area contributed by atoms with E-state index < -0.39 is 0 Å². The summed E-state index contributed by atoms with van der Waals surface area (Å²) in [6, 6.07) is 7.47. The van der Waals surface area contributed by atoms with Crippen LogP contribution in [0.25, 0.3) is 0 Å². The highest BCUT2D eigenvalue weighted by Crippen LogP contribution is 2.19. The first kappa shape index (κ1) is 21.2. The Hall–Kier alpha value is -2.08. The number of piperidine rings is 1. The van der Waals surface area contributed by atoms with Gasteiger partial charge >= 0.3 is 5.97 Å². The molecule has 1 N–H and O–H groups in total. The molecule has 1 aliphatic heterocycles. The molecule has 1 aromatic rings. The SMILES string of the molecule is CCOC(=O)C1CCN(CC(=O)Nc2ccc(OCCC(C)C)cc2)CC1. The highest BCUT2D eigenvalue weighted by molar-refractivity contribution is 5.92. The first-order valence-corrected chi connectivity index (χ1v) is 9.89. The average molecular weight is 376 g/mol. The normalized spacial score (nSPS) is 15.6. The average Bonchev–Trinajstić information content (AvgIpc) is 2.63. The molecule has 0 atom stereocenters. The maximum Gasteiger partial charge on any atom is 0.309 e. The van der Waals surface area contributed by atoms with Crippen LogP contribution in [0.2, 0.25) is 0 Å². The van der Waals surface area contributed by atoms with E-state index >= 15 is 0 Å². The lowest BCUT2D eigenvalue weighted by Crippen LogP contribution is -2.41. The number of benzene rings is 1. The van der Waals surface area contributed by atoms with Crippen LogP contribution in [0, 0.1) is 11.8 Å². The lowest BCUT2D eigenvalue weighted by Gasteiger charge is -2.30. The maximum absolute atomic E-state index is 12.3. The summed E-state index contributed by atoms with van der Waals surface area (Å²) in [6.07, 6.45) is 2.51. The van der Waals surface area contributed by atoms with E-state index in [1.54, 1.807) is 0 Å². The number of ether oxygens (including phenoxy) is 2. The van der Waals surface area contributed by atoms with Crippen molar-refractivity contribution in [2.75, 3.05) is 38.2 Å². The minimum Gasteiger partial charge on any atom is -0.494 e. The molecule has 1 saturated heterocycles. The molecule has 0 radical (unpaired) electrons. The summed E-state index contributed by atoms with van der Waals surface area (Å²) >= 11 is 0. The number of hydrogen-bond acceptors (Lipinski definition) is 5. The Kier molecular flexibility index (Phi) is 8.58. The van der Waals surface area contributed by atoms with E-state index in [1.165, 1.54) is 0 Å². The molecule has 1 amide bonds. The number of hydrogen-bond donors (Lipinski definition) is 1. The Labute approximate surface area is 162 Å². The molecule has 0 saturated carbocycles. The first-order valence-electron chi connectivity index (χ1n) is 9.89. The van der Waals surface area contributed by atoms with Crippen LogP contribution in [0.4, 0.5) is 5.69 Å². The molecule has 0 aromatic heterocycles. The van der Waals surface area contributed by atoms with E-state index in [9.17, 15) is 9.59 Å². The predicted molar refractivity (Wildman–Crippen MR) is 106 cm³/mol. The summed E-state index contributed by atoms with van der Waals surface area (Å²) in [5, 5.41) is 2.92. The minimum atomic E-state index is -0.114. The molecule has 1 heterocycles. The summed E-state index contributed by atoms with van der Waals surface area (Å²) in [5.41, 5.74) is 0.762. The monoisotopic (exact) mass is 376 g/mol. The van der Waals surface area contributed by atoms with Crippen molar-refractivity contribution >= 4 is 17.6 Å². The fourth-order valence-corrected chi connectivity index (χ4v) is 3.04. The lowest BCUT2D eigenvalue weighted by molar-refractivity contribution is -0.149. The van der Waals surface area contributed by atoms with Gasteiger partial charge in [-0.15, -0.1) is 0 Å². The van der Waals surface area contributed by atoms with Gasteiger partial charge in [-0.1, -0.05) is 13.8 Å². The minimum absolute atomic E-state index is 0.0347. The number of carbonyl (C=O) groups excluding carboxylic acids is 2. The summed E-state index contributed by atoms with van der Waals surface area (Å²) in [7, 11) is 0. The Morgan fingerprint density at radius 3 is 2.44 bits per heavy atom. The Bertz CT molecular complexity index is 593. The van der Waals surface area contributed by atoms with Gasteiger partial charge in [0, 0.05) is 5.69 Å². The zero-order chi connectivity index (χ0) is 19.6. The highest BCUT2D eigenvalue weighted by Gasteiger charge is 2.26. The molecule has 6 nitrogen and oxygen atoms in total. The maximum atomic E-state index is 12.3. The van der Waals surface area contributed by atoms with Gasteiger partial charge in [-0.2, -0.15) is 0 Å². The van der Waals surface area contributed by atoms with Crippen LogP contribution in [-0.2, 0) is 14.3 Å². The van der Waals surface area contributed by atoms with Gasteiger partial charge in [0.15, 0.2) is 0 Å². The quantitative estimate of drug-likeness (QED) is 0.670. The van der Waals surface area contributed by atoms with E-state index in [4.69, 9.17) is 9.47 Å². The Morgan fingerprint density at radius 1 is 1.19 bits per heavy atom. The second kappa shape index (κ2) is 10.9. The number of likely N-dealkylation sites (tertiary alicyclic amines) is 1. The number of nitrogens with zero attached hydrogens (tertiary/aromatic N) is 1. The third-order valence-corrected chi connectivity index (χ3v) is 4.68. The third-order valence-electron chi connectivity index (χ3n) is 4.68. The van der Waals surface area contributed by atoms with Crippen LogP contribution >= 0.6 is 0 Å². The first-order chi connectivity index (χ1) is 13.0. The van der Waals surface area contributed by atoms with Crippen LogP contribution in [0.3, 0.4) is 0 Å². The van der Waals surface area contributed by atoms with Crippen molar-refractivity contribution in [1.29, 1.82) is 0 Å². The van der Waals surface area contributed by atoms with E-state index in [2.05, 4.69) is 24.1 Å². The van der Waals surface area contributed by atoms with Gasteiger partial charge in [0.25, 0.3) is 0 Å². The van der Waals surface area contributed by atoms with Crippen molar-refractivity contribution in [3.8, 4) is 5.75 Å². The zero-order valence-electron chi connectivity index (χ0n) is 16.7. The molecule has 6 heteroatoms. The number of nitrogens with one attached hydrogen (secondary N) is 1. The molecular formula is C21H32N2O4. The summed E-state index contributed by atoms with van der Waals surface area (Å²) in [6.45, 7) is 9.08. The molecule has 0 spiro atoms. The van der Waals surface area contributed by atoms with Gasteiger partial charge in [-0.25, -0.2) is 0 Å². The van der Waals surface area contributed by atoms with Gasteiger partial charge in [0.05, 0.1) is 25.7 Å². The van der Waals surface area contributed by atoms with Crippen LogP contribution in [-0.4, -0.2) is 49.6 Å². The van der Waals surface area contributed by atoms with E-state index in [-0.39, 0.29) is 17.8 Å². The van der Waals surface area contributed by atoms with Crippen LogP contribution in [0.1, 0.15) is 40.0 Å². The van der Waals surface area contributed by atoms with E-state index in [1.807, 2.05) is 31.2 Å². The fraction of sp³-hybridized carbons (Fsp3) is 0.619. The molecule has 0 bridgehead atoms. The lowest BCUT2D eigenvalue weighted by atomic mass is 9.97. The summed E-state index contributed by atoms with van der Waals surface area (Å²) in [5.74, 6) is 1.24. The molecule has 1 aliphatic rings. The van der Waals surface area contributed by atoms with Crippen LogP contribution in [0.15, 0.2) is 24.3 Å². The molecule has 1 fully saturated rings. The number of carbonyl (C=O) groups is 2. The van der Waals surface area contributed by atoms with Crippen LogP contribution < -0.4 is 10.1 Å². The van der Waals surface area contributed by atoms with Crippen molar-refractivity contribution < 1.29 is 19.1 Å². The van der Waals surface area contributed by atoms with Crippen molar-refractivity contribution in [3.05, 3.63) is 24.3 Å². The second-order valence-corrected chi connectivity index (χ2v) is 7.41. The van der Waals surface area contributed by atoms with Crippen molar-refractivity contribution in [1.82, 2.24) is 4.90 Å². The third kappa shape index (κ3) is 7.59. The smallest absolute Gasteiger partial charge is 0.309 e. The highest BCUT2D eigenvalue weighted by atomic mass is 16.5. The molecule has 2 rings (SSSR count). The molecular weight excluding hydrogens is 344 g/mol. The van der Waals surface area contributed by atoms with E-state index in [0.717, 1.165) is 43.8 Å². The van der Waals surface area contributed by atoms with Gasteiger partial charge in [0.1, 0.15) is 5.75 Å². The molecule has 1 aromatic carbocycles. The molecule has 150 valence electrons. The topological polar surface area (TPSA) is 67.9 Å². The fourth-order valence-electron chi connectivity index (χ4n) is 3.04. The molecule has 0 unspecified atom stereocenters. The standard InChI is InChI=1S/C21H32N2O4/c1-4-26-21(25)17-9-12-23(13-10-17)15-20(24)22-18-5-7-19(8-6-18)27-14-11-16(2)3/h5-8,16-17H,4,9-15H2,1-3H3,(H,22,24). The molecule has 0 aliphatic carbocycles. The number of rotatable bonds is 9. The number of anilines is 1. The largest absolute Gasteiger partial charge is 0.494 e. The zero-order valence-corrected chi connectivity index (χ0v) is 16.7. The Balaban J connectivity index is 1.70. The van der Waals surface area contributed by atoms with Crippen LogP contribution in [0.5, 0.6) is 5.75 Å². The van der Waals surface area contributed by atoms with Gasteiger partial charge < -0.3 is 14.8 Å². The number of esters is 1. The van der Waals surface area contributed by atoms with Gasteiger partial charge in [0.2, 0.25) is 5.91 Å². The summed E-state index contributed by atoms with van der Waals surface area (Å²) < 4.78 is 10.8. The number of amides is 1. The van der Waals surface area contributed by atoms with Gasteiger partial charge in [-0.3, -0.25) is 14.5 Å². The predicted octanol–water partition coefficient (Wildman–Crippen LogP) is 3.33. The van der Waals surface area contributed by atoms with Crippen molar-refractivity contribution in [2.24, 2.45) is 11.8 Å². The van der Waals surface area contributed by atoms with Crippen molar-refractivity contribution in [2.45, 2.75) is 40.0 Å². The van der Waals surface area contributed by atoms with Gasteiger partial charge in [-0.05, 0) is 69.5 Å². The summed E-state index contributed by atoms with van der Waals surface area (Å²) in [4.78, 5) is 26.1. The second-order valence-electron chi connectivity index (χ2n) is 7.41. The van der Waals surface area contributed by atoms with E-state index in [0.29, 0.717) is 25.7 Å².